The molecule has 0 saturated carbocycles. The lowest BCUT2D eigenvalue weighted by Crippen LogP contribution is -2.32. The fourth-order valence-corrected chi connectivity index (χ4v) is 5.11. The first kappa shape index (κ1) is 26.3. The first-order valence-corrected chi connectivity index (χ1v) is 13.4. The standard InChI is InChI=1S/C31H34N6O2/c1-4-22-15-16-27-25(17-22)18-26(31(38)32-27)21-36(20-24-13-9-10-14-29(24)39-3)28(5-2)30-33-34-35-37(30)19-23-11-7-6-8-12-23/h6-18,28H,4-5,19-21H2,1-3H3,(H,32,38)/t28-/m0/s1. The Balaban J connectivity index is 1.55. The summed E-state index contributed by atoms with van der Waals surface area (Å²) >= 11 is 0. The third kappa shape index (κ3) is 5.91. The van der Waals surface area contributed by atoms with Crippen molar-refractivity contribution in [2.45, 2.75) is 52.4 Å². The van der Waals surface area contributed by atoms with Gasteiger partial charge in [-0.25, -0.2) is 4.68 Å². The maximum atomic E-state index is 13.3. The van der Waals surface area contributed by atoms with Crippen molar-refractivity contribution in [3.05, 3.63) is 117 Å². The van der Waals surface area contributed by atoms with Gasteiger partial charge in [0.1, 0.15) is 5.75 Å². The zero-order chi connectivity index (χ0) is 27.2. The number of nitrogens with zero attached hydrogens (tertiary/aromatic N) is 5. The number of nitrogens with one attached hydrogen (secondary N) is 1. The highest BCUT2D eigenvalue weighted by Crippen LogP contribution is 2.29. The molecule has 0 aliphatic carbocycles. The second-order valence-electron chi connectivity index (χ2n) is 9.72. The molecule has 8 heteroatoms. The van der Waals surface area contributed by atoms with Gasteiger partial charge in [-0.2, -0.15) is 0 Å². The van der Waals surface area contributed by atoms with Gasteiger partial charge in [-0.05, 0) is 64.0 Å². The van der Waals surface area contributed by atoms with Crippen LogP contribution in [0.3, 0.4) is 0 Å². The van der Waals surface area contributed by atoms with E-state index in [0.717, 1.165) is 46.4 Å². The topological polar surface area (TPSA) is 88.9 Å². The zero-order valence-electron chi connectivity index (χ0n) is 22.7. The van der Waals surface area contributed by atoms with Gasteiger partial charge in [0, 0.05) is 29.7 Å². The molecule has 5 rings (SSSR count). The summed E-state index contributed by atoms with van der Waals surface area (Å²) < 4.78 is 7.53. The minimum Gasteiger partial charge on any atom is -0.496 e. The van der Waals surface area contributed by atoms with Crippen molar-refractivity contribution in [3.63, 3.8) is 0 Å². The molecule has 0 amide bonds. The molecule has 5 aromatic rings. The summed E-state index contributed by atoms with van der Waals surface area (Å²) in [4.78, 5) is 18.6. The molecule has 0 aliphatic heterocycles. The monoisotopic (exact) mass is 522 g/mol. The van der Waals surface area contributed by atoms with Crippen molar-refractivity contribution in [2.75, 3.05) is 7.11 Å². The van der Waals surface area contributed by atoms with Crippen molar-refractivity contribution < 1.29 is 4.74 Å². The molecule has 200 valence electrons. The number of hydrogen-bond acceptors (Lipinski definition) is 6. The molecule has 0 aliphatic rings. The van der Waals surface area contributed by atoms with Gasteiger partial charge >= 0.3 is 0 Å². The van der Waals surface area contributed by atoms with E-state index >= 15 is 0 Å². The molecule has 3 aromatic carbocycles. The van der Waals surface area contributed by atoms with Gasteiger partial charge in [0.2, 0.25) is 0 Å². The number of aromatic amines is 1. The second kappa shape index (κ2) is 12.0. The Morgan fingerprint density at radius 2 is 1.69 bits per heavy atom. The molecule has 0 saturated heterocycles. The number of rotatable bonds is 11. The van der Waals surface area contributed by atoms with Gasteiger partial charge in [-0.3, -0.25) is 9.69 Å². The van der Waals surface area contributed by atoms with Crippen LogP contribution in [-0.2, 0) is 26.1 Å². The minimum atomic E-state index is -0.134. The number of para-hydroxylation sites is 1. The largest absolute Gasteiger partial charge is 0.496 e. The summed E-state index contributed by atoms with van der Waals surface area (Å²) in [6, 6.07) is 26.2. The molecule has 0 fully saturated rings. The van der Waals surface area contributed by atoms with E-state index in [1.165, 1.54) is 5.56 Å². The predicted molar refractivity (Wildman–Crippen MR) is 153 cm³/mol. The van der Waals surface area contributed by atoms with E-state index in [1.54, 1.807) is 7.11 Å². The van der Waals surface area contributed by atoms with Crippen molar-refractivity contribution in [1.29, 1.82) is 0 Å². The predicted octanol–water partition coefficient (Wildman–Crippen LogP) is 5.29. The van der Waals surface area contributed by atoms with Gasteiger partial charge in [-0.15, -0.1) is 5.10 Å². The van der Waals surface area contributed by atoms with Crippen LogP contribution in [0.15, 0.2) is 83.7 Å². The van der Waals surface area contributed by atoms with E-state index in [4.69, 9.17) is 4.74 Å². The highest BCUT2D eigenvalue weighted by atomic mass is 16.5. The van der Waals surface area contributed by atoms with Crippen LogP contribution in [0.1, 0.15) is 54.4 Å². The summed E-state index contributed by atoms with van der Waals surface area (Å²) in [6.45, 7) is 5.82. The average molecular weight is 523 g/mol. The molecule has 2 aromatic heterocycles. The van der Waals surface area contributed by atoms with Crippen LogP contribution in [0.25, 0.3) is 10.9 Å². The quantitative estimate of drug-likeness (QED) is 0.254. The summed E-state index contributed by atoms with van der Waals surface area (Å²) in [5.74, 6) is 1.57. The molecular formula is C31H34N6O2. The minimum absolute atomic E-state index is 0.0875. The zero-order valence-corrected chi connectivity index (χ0v) is 22.7. The lowest BCUT2D eigenvalue weighted by molar-refractivity contribution is 0.159. The molecule has 39 heavy (non-hydrogen) atoms. The normalized spacial score (nSPS) is 12.2. The van der Waals surface area contributed by atoms with Gasteiger partial charge in [0.05, 0.1) is 19.7 Å². The fraction of sp³-hybridized carbons (Fsp3) is 0.290. The average Bonchev–Trinajstić information content (AvgIpc) is 3.41. The molecule has 0 radical (unpaired) electrons. The number of methoxy groups -OCH3 is 1. The summed E-state index contributed by atoms with van der Waals surface area (Å²) in [5.41, 5.74) is 4.84. The van der Waals surface area contributed by atoms with Crippen LogP contribution >= 0.6 is 0 Å². The first-order valence-electron chi connectivity index (χ1n) is 13.4. The number of ether oxygens (including phenoxy) is 1. The maximum Gasteiger partial charge on any atom is 0.252 e. The Labute approximate surface area is 228 Å². The number of hydrogen-bond donors (Lipinski definition) is 1. The number of tetrazole rings is 1. The Kier molecular flexibility index (Phi) is 8.13. The third-order valence-corrected chi connectivity index (χ3v) is 7.19. The van der Waals surface area contributed by atoms with Crippen LogP contribution < -0.4 is 10.3 Å². The lowest BCUT2D eigenvalue weighted by Gasteiger charge is -2.30. The van der Waals surface area contributed by atoms with E-state index < -0.39 is 0 Å². The van der Waals surface area contributed by atoms with Crippen molar-refractivity contribution in [3.8, 4) is 5.75 Å². The Hall–Kier alpha value is -4.30. The van der Waals surface area contributed by atoms with E-state index in [1.807, 2.05) is 53.2 Å². The molecular weight excluding hydrogens is 488 g/mol. The highest BCUT2D eigenvalue weighted by molar-refractivity contribution is 5.79. The van der Waals surface area contributed by atoms with Crippen LogP contribution in [-0.4, -0.2) is 37.2 Å². The Bertz CT molecular complexity index is 1590. The van der Waals surface area contributed by atoms with E-state index in [-0.39, 0.29) is 11.6 Å². The van der Waals surface area contributed by atoms with E-state index in [9.17, 15) is 4.79 Å². The van der Waals surface area contributed by atoms with Gasteiger partial charge in [-0.1, -0.05) is 68.4 Å². The summed E-state index contributed by atoms with van der Waals surface area (Å²) in [5, 5.41) is 13.9. The van der Waals surface area contributed by atoms with Crippen LogP contribution in [0.5, 0.6) is 5.75 Å². The van der Waals surface area contributed by atoms with Crippen LogP contribution in [0, 0.1) is 0 Å². The number of H-pyrrole nitrogens is 1. The van der Waals surface area contributed by atoms with Crippen LogP contribution in [0.2, 0.25) is 0 Å². The van der Waals surface area contributed by atoms with Crippen molar-refractivity contribution in [1.82, 2.24) is 30.1 Å². The van der Waals surface area contributed by atoms with Gasteiger partial charge < -0.3 is 9.72 Å². The SMILES string of the molecule is CCc1ccc2[nH]c(=O)c(CN(Cc3ccccc3OC)[C@@H](CC)c3nnnn3Cc3ccccc3)cc2c1. The summed E-state index contributed by atoms with van der Waals surface area (Å²) in [6.07, 6.45) is 1.70. The molecule has 2 heterocycles. The lowest BCUT2D eigenvalue weighted by atomic mass is 10.1. The molecule has 0 spiro atoms. The highest BCUT2D eigenvalue weighted by Gasteiger charge is 2.27. The van der Waals surface area contributed by atoms with E-state index in [0.29, 0.717) is 25.2 Å². The number of fused-ring (bicyclic) bond motifs is 1. The van der Waals surface area contributed by atoms with Crippen molar-refractivity contribution in [2.24, 2.45) is 0 Å². The third-order valence-electron chi connectivity index (χ3n) is 7.19. The number of aryl methyl sites for hydroxylation is 1. The Morgan fingerprint density at radius 1 is 0.923 bits per heavy atom. The first-order chi connectivity index (χ1) is 19.1. The van der Waals surface area contributed by atoms with E-state index in [2.05, 4.69) is 69.6 Å². The van der Waals surface area contributed by atoms with Gasteiger partial charge in [0.25, 0.3) is 5.56 Å². The number of benzene rings is 3. The molecule has 1 atom stereocenters. The van der Waals surface area contributed by atoms with Crippen LogP contribution in [0.4, 0.5) is 0 Å². The second-order valence-corrected chi connectivity index (χ2v) is 9.72. The molecule has 8 nitrogen and oxygen atoms in total. The summed E-state index contributed by atoms with van der Waals surface area (Å²) in [7, 11) is 1.68. The Morgan fingerprint density at radius 3 is 2.46 bits per heavy atom. The molecule has 1 N–H and O–H groups in total. The maximum absolute atomic E-state index is 13.3. The smallest absolute Gasteiger partial charge is 0.252 e. The van der Waals surface area contributed by atoms with Crippen molar-refractivity contribution >= 4 is 10.9 Å². The number of aromatic nitrogens is 5. The molecule has 0 unspecified atom stereocenters. The fourth-order valence-electron chi connectivity index (χ4n) is 5.11. The molecule has 0 bridgehead atoms. The van der Waals surface area contributed by atoms with Gasteiger partial charge in [0.15, 0.2) is 5.82 Å². The number of pyridine rings is 1.